The summed E-state index contributed by atoms with van der Waals surface area (Å²) >= 11 is 5.94. The van der Waals surface area contributed by atoms with E-state index in [1.807, 2.05) is 13.8 Å². The summed E-state index contributed by atoms with van der Waals surface area (Å²) in [6.45, 7) is 3.80. The number of hydrogen-bond acceptors (Lipinski definition) is 4. The Morgan fingerprint density at radius 2 is 2.11 bits per heavy atom. The molecule has 6 nitrogen and oxygen atoms in total. The van der Waals surface area contributed by atoms with Gasteiger partial charge in [0.2, 0.25) is 5.91 Å². The number of halogens is 1. The Morgan fingerprint density at radius 3 is 2.63 bits per heavy atom. The predicted molar refractivity (Wildman–Crippen MR) is 72.2 cm³/mol. The topological polar surface area (TPSA) is 75.2 Å². The lowest BCUT2D eigenvalue weighted by atomic mass is 10.2. The molecule has 19 heavy (non-hydrogen) atoms. The van der Waals surface area contributed by atoms with Crippen molar-refractivity contribution in [2.45, 2.75) is 19.8 Å². The second-order valence-corrected chi connectivity index (χ2v) is 4.82. The highest BCUT2D eigenvalue weighted by Gasteiger charge is 2.20. The molecule has 1 heterocycles. The molecule has 7 heteroatoms. The van der Waals surface area contributed by atoms with Crippen molar-refractivity contribution in [3.05, 3.63) is 22.7 Å². The Labute approximate surface area is 117 Å². The maximum atomic E-state index is 12.2. The van der Waals surface area contributed by atoms with E-state index in [1.54, 1.807) is 0 Å². The van der Waals surface area contributed by atoms with Crippen LogP contribution < -0.4 is 5.32 Å². The Kier molecular flexibility index (Phi) is 5.23. The van der Waals surface area contributed by atoms with Gasteiger partial charge in [0.15, 0.2) is 5.69 Å². The average Bonchev–Trinajstić information content (AvgIpc) is 2.37. The zero-order valence-corrected chi connectivity index (χ0v) is 12.2. The van der Waals surface area contributed by atoms with E-state index in [0.29, 0.717) is 5.82 Å². The van der Waals surface area contributed by atoms with Crippen molar-refractivity contribution in [1.29, 1.82) is 0 Å². The first-order chi connectivity index (χ1) is 8.86. The van der Waals surface area contributed by atoms with Crippen molar-refractivity contribution in [2.24, 2.45) is 0 Å². The second kappa shape index (κ2) is 6.47. The third-order valence-electron chi connectivity index (χ3n) is 2.49. The van der Waals surface area contributed by atoms with Crippen LogP contribution in [0.15, 0.2) is 6.20 Å². The molecule has 0 atom stereocenters. The molecule has 0 spiro atoms. The minimum Gasteiger partial charge on any atom is -0.358 e. The molecule has 0 aliphatic carbocycles. The Bertz CT molecular complexity index is 491. The maximum Gasteiger partial charge on any atom is 0.274 e. The Hall–Kier alpha value is -1.69. The van der Waals surface area contributed by atoms with Gasteiger partial charge in [-0.15, -0.1) is 0 Å². The summed E-state index contributed by atoms with van der Waals surface area (Å²) in [6.07, 6.45) is 1.41. The van der Waals surface area contributed by atoms with Gasteiger partial charge in [-0.1, -0.05) is 25.4 Å². The van der Waals surface area contributed by atoms with E-state index >= 15 is 0 Å². The van der Waals surface area contributed by atoms with Crippen LogP contribution in [0.4, 0.5) is 0 Å². The van der Waals surface area contributed by atoms with E-state index in [4.69, 9.17) is 11.6 Å². The molecule has 0 unspecified atom stereocenters. The van der Waals surface area contributed by atoms with Gasteiger partial charge in [-0.25, -0.2) is 9.97 Å². The van der Waals surface area contributed by atoms with Crippen molar-refractivity contribution in [3.8, 4) is 0 Å². The van der Waals surface area contributed by atoms with Crippen LogP contribution in [0.5, 0.6) is 0 Å². The smallest absolute Gasteiger partial charge is 0.274 e. The highest BCUT2D eigenvalue weighted by molar-refractivity contribution is 6.33. The van der Waals surface area contributed by atoms with Gasteiger partial charge in [0, 0.05) is 20.0 Å². The number of nitrogens with one attached hydrogen (secondary N) is 1. The molecule has 2 amide bonds. The van der Waals surface area contributed by atoms with Crippen LogP contribution in [-0.4, -0.2) is 47.3 Å². The molecular weight excluding hydrogens is 268 g/mol. The molecule has 104 valence electrons. The zero-order valence-electron chi connectivity index (χ0n) is 11.4. The van der Waals surface area contributed by atoms with Gasteiger partial charge in [0.1, 0.15) is 5.82 Å². The van der Waals surface area contributed by atoms with Gasteiger partial charge >= 0.3 is 0 Å². The number of hydrogen-bond donors (Lipinski definition) is 1. The summed E-state index contributed by atoms with van der Waals surface area (Å²) in [7, 11) is 3.03. The van der Waals surface area contributed by atoms with Crippen LogP contribution in [0.3, 0.4) is 0 Å². The molecule has 0 radical (unpaired) electrons. The second-order valence-electron chi connectivity index (χ2n) is 4.41. The van der Waals surface area contributed by atoms with Crippen LogP contribution in [0.1, 0.15) is 36.1 Å². The number of amides is 2. The van der Waals surface area contributed by atoms with Gasteiger partial charge in [-0.3, -0.25) is 9.59 Å². The van der Waals surface area contributed by atoms with E-state index in [2.05, 4.69) is 15.3 Å². The van der Waals surface area contributed by atoms with Crippen molar-refractivity contribution >= 4 is 23.4 Å². The van der Waals surface area contributed by atoms with Crippen LogP contribution in [-0.2, 0) is 4.79 Å². The molecule has 1 N–H and O–H groups in total. The van der Waals surface area contributed by atoms with Gasteiger partial charge in [-0.05, 0) is 0 Å². The largest absolute Gasteiger partial charge is 0.358 e. The third-order valence-corrected chi connectivity index (χ3v) is 2.76. The molecule has 0 aromatic carbocycles. The fourth-order valence-electron chi connectivity index (χ4n) is 1.36. The first-order valence-corrected chi connectivity index (χ1v) is 6.23. The van der Waals surface area contributed by atoms with Crippen molar-refractivity contribution in [1.82, 2.24) is 20.2 Å². The number of nitrogens with zero attached hydrogens (tertiary/aromatic N) is 3. The van der Waals surface area contributed by atoms with Crippen LogP contribution in [0.25, 0.3) is 0 Å². The summed E-state index contributed by atoms with van der Waals surface area (Å²) < 4.78 is 0. The minimum atomic E-state index is -0.405. The summed E-state index contributed by atoms with van der Waals surface area (Å²) in [5, 5.41) is 2.63. The third kappa shape index (κ3) is 3.89. The summed E-state index contributed by atoms with van der Waals surface area (Å²) in [5.74, 6) is -0.0304. The molecule has 0 aliphatic rings. The molecule has 0 fully saturated rings. The van der Waals surface area contributed by atoms with Crippen LogP contribution in [0.2, 0.25) is 5.02 Å². The van der Waals surface area contributed by atoms with E-state index < -0.39 is 5.91 Å². The number of carbonyl (C=O) groups is 2. The first-order valence-electron chi connectivity index (χ1n) is 5.85. The summed E-state index contributed by atoms with van der Waals surface area (Å²) in [4.78, 5) is 32.9. The molecule has 1 aromatic heterocycles. The van der Waals surface area contributed by atoms with Crippen molar-refractivity contribution in [3.63, 3.8) is 0 Å². The predicted octanol–water partition coefficient (Wildman–Crippen LogP) is 1.07. The Balaban J connectivity index is 2.98. The lowest BCUT2D eigenvalue weighted by Crippen LogP contribution is -2.37. The van der Waals surface area contributed by atoms with E-state index in [1.165, 1.54) is 25.2 Å². The van der Waals surface area contributed by atoms with E-state index in [0.717, 1.165) is 0 Å². The molecular formula is C12H17ClN4O2. The van der Waals surface area contributed by atoms with E-state index in [-0.39, 0.29) is 29.1 Å². The Morgan fingerprint density at radius 1 is 1.47 bits per heavy atom. The molecule has 1 rings (SSSR count). The fourth-order valence-corrected chi connectivity index (χ4v) is 1.53. The fraction of sp³-hybridized carbons (Fsp3) is 0.500. The molecule has 0 saturated carbocycles. The summed E-state index contributed by atoms with van der Waals surface area (Å²) in [5.41, 5.74) is 0.117. The molecule has 0 aliphatic heterocycles. The lowest BCUT2D eigenvalue weighted by molar-refractivity contribution is -0.121. The SMILES string of the molecule is CNC(=O)CN(C)C(=O)c1nc(C(C)C)ncc1Cl. The van der Waals surface area contributed by atoms with Gasteiger partial charge < -0.3 is 10.2 Å². The highest BCUT2D eigenvalue weighted by atomic mass is 35.5. The van der Waals surface area contributed by atoms with Gasteiger partial charge in [0.25, 0.3) is 5.91 Å². The van der Waals surface area contributed by atoms with Crippen LogP contribution in [0, 0.1) is 0 Å². The van der Waals surface area contributed by atoms with Crippen LogP contribution >= 0.6 is 11.6 Å². The van der Waals surface area contributed by atoms with Crippen molar-refractivity contribution in [2.75, 3.05) is 20.6 Å². The van der Waals surface area contributed by atoms with Crippen molar-refractivity contribution < 1.29 is 9.59 Å². The highest BCUT2D eigenvalue weighted by Crippen LogP contribution is 2.17. The molecule has 1 aromatic rings. The van der Waals surface area contributed by atoms with E-state index in [9.17, 15) is 9.59 Å². The lowest BCUT2D eigenvalue weighted by Gasteiger charge is -2.16. The summed E-state index contributed by atoms with van der Waals surface area (Å²) in [6, 6.07) is 0. The maximum absolute atomic E-state index is 12.2. The minimum absolute atomic E-state index is 0.0489. The normalized spacial score (nSPS) is 10.4. The number of likely N-dealkylation sites (N-methyl/N-ethyl adjacent to an activating group) is 2. The number of rotatable bonds is 4. The quantitative estimate of drug-likeness (QED) is 0.897. The first kappa shape index (κ1) is 15.4. The zero-order chi connectivity index (χ0) is 14.6. The number of aromatic nitrogens is 2. The molecule has 0 bridgehead atoms. The standard InChI is InChI=1S/C12H17ClN4O2/c1-7(2)11-15-5-8(13)10(16-11)12(19)17(4)6-9(18)14-3/h5,7H,6H2,1-4H3,(H,14,18). The van der Waals surface area contributed by atoms with Gasteiger partial charge in [0.05, 0.1) is 17.8 Å². The monoisotopic (exact) mass is 284 g/mol. The van der Waals surface area contributed by atoms with Gasteiger partial charge in [-0.2, -0.15) is 0 Å². The molecule has 0 saturated heterocycles. The number of carbonyl (C=O) groups excluding carboxylic acids is 2. The average molecular weight is 285 g/mol.